The Morgan fingerprint density at radius 3 is 2.80 bits per heavy atom. The maximum Gasteiger partial charge on any atom is 0.264 e. The molecule has 2 rings (SSSR count). The molecular formula is C15H22N2O3. The third-order valence-electron chi connectivity index (χ3n) is 3.11. The second kappa shape index (κ2) is 6.61. The van der Waals surface area contributed by atoms with Crippen LogP contribution in [0.15, 0.2) is 24.3 Å². The smallest absolute Gasteiger partial charge is 0.264 e. The van der Waals surface area contributed by atoms with Crippen LogP contribution in [0.2, 0.25) is 0 Å². The van der Waals surface area contributed by atoms with E-state index < -0.39 is 6.10 Å². The number of rotatable bonds is 5. The van der Waals surface area contributed by atoms with Gasteiger partial charge >= 0.3 is 0 Å². The van der Waals surface area contributed by atoms with Gasteiger partial charge < -0.3 is 20.5 Å². The van der Waals surface area contributed by atoms with Gasteiger partial charge in [0.05, 0.1) is 0 Å². The summed E-state index contributed by atoms with van der Waals surface area (Å²) in [7, 11) is 0. The molecule has 1 heterocycles. The molecule has 0 bridgehead atoms. The molecular weight excluding hydrogens is 256 g/mol. The van der Waals surface area contributed by atoms with Crippen LogP contribution in [0.4, 0.5) is 0 Å². The molecule has 5 nitrogen and oxygen atoms in total. The number of benzene rings is 1. The van der Waals surface area contributed by atoms with E-state index in [2.05, 4.69) is 19.2 Å². The summed E-state index contributed by atoms with van der Waals surface area (Å²) in [5.41, 5.74) is 5.94. The van der Waals surface area contributed by atoms with Gasteiger partial charge in [0.15, 0.2) is 11.5 Å². The highest BCUT2D eigenvalue weighted by atomic mass is 16.6. The lowest BCUT2D eigenvalue weighted by Crippen LogP contribution is -2.47. The van der Waals surface area contributed by atoms with Crippen LogP contribution in [0.25, 0.3) is 0 Å². The van der Waals surface area contributed by atoms with Gasteiger partial charge in [-0.1, -0.05) is 26.0 Å². The maximum absolute atomic E-state index is 12.0. The molecule has 1 aromatic carbocycles. The van der Waals surface area contributed by atoms with E-state index in [1.165, 1.54) is 0 Å². The monoisotopic (exact) mass is 278 g/mol. The Kier molecular flexibility index (Phi) is 4.84. The lowest BCUT2D eigenvalue weighted by atomic mass is 10.0. The number of carbonyl (C=O) groups is 1. The Bertz CT molecular complexity index is 462. The number of para-hydroxylation sites is 2. The van der Waals surface area contributed by atoms with Crippen molar-refractivity contribution in [2.24, 2.45) is 11.7 Å². The number of hydrogen-bond acceptors (Lipinski definition) is 4. The van der Waals surface area contributed by atoms with Gasteiger partial charge in [-0.25, -0.2) is 0 Å². The molecule has 0 saturated heterocycles. The van der Waals surface area contributed by atoms with Crippen LogP contribution in [0.1, 0.15) is 20.3 Å². The molecule has 0 aliphatic carbocycles. The van der Waals surface area contributed by atoms with Crippen LogP contribution in [0.5, 0.6) is 11.5 Å². The zero-order valence-corrected chi connectivity index (χ0v) is 12.0. The molecule has 0 saturated carbocycles. The Morgan fingerprint density at radius 1 is 1.40 bits per heavy atom. The van der Waals surface area contributed by atoms with Gasteiger partial charge in [-0.15, -0.1) is 0 Å². The maximum atomic E-state index is 12.0. The van der Waals surface area contributed by atoms with E-state index in [1.54, 1.807) is 6.07 Å². The summed E-state index contributed by atoms with van der Waals surface area (Å²) in [5.74, 6) is 1.61. The number of nitrogens with two attached hydrogens (primary N) is 1. The lowest BCUT2D eigenvalue weighted by Gasteiger charge is -2.26. The van der Waals surface area contributed by atoms with Crippen molar-refractivity contribution in [2.45, 2.75) is 32.4 Å². The van der Waals surface area contributed by atoms with E-state index in [-0.39, 0.29) is 18.6 Å². The van der Waals surface area contributed by atoms with E-state index in [0.29, 0.717) is 24.0 Å². The minimum atomic E-state index is -0.615. The molecule has 20 heavy (non-hydrogen) atoms. The van der Waals surface area contributed by atoms with Crippen LogP contribution in [-0.4, -0.2) is 31.2 Å². The Morgan fingerprint density at radius 2 is 2.10 bits per heavy atom. The van der Waals surface area contributed by atoms with Crippen molar-refractivity contribution in [2.75, 3.05) is 13.2 Å². The molecule has 0 radical (unpaired) electrons. The standard InChI is InChI=1S/C15H22N2O3/c1-10(2)7-11(16)8-17-15(18)14-9-19-12-5-3-4-6-13(12)20-14/h3-6,10-11,14H,7-9,16H2,1-2H3,(H,17,18). The van der Waals surface area contributed by atoms with Gasteiger partial charge in [0.25, 0.3) is 5.91 Å². The fourth-order valence-corrected chi connectivity index (χ4v) is 2.18. The van der Waals surface area contributed by atoms with Crippen LogP contribution in [0, 0.1) is 5.92 Å². The number of carbonyl (C=O) groups excluding carboxylic acids is 1. The van der Waals surface area contributed by atoms with Crippen LogP contribution in [-0.2, 0) is 4.79 Å². The summed E-state index contributed by atoms with van der Waals surface area (Å²) in [6.07, 6.45) is 0.265. The van der Waals surface area contributed by atoms with Crippen molar-refractivity contribution < 1.29 is 14.3 Å². The molecule has 3 N–H and O–H groups in total. The molecule has 1 amide bonds. The van der Waals surface area contributed by atoms with Gasteiger partial charge in [0, 0.05) is 12.6 Å². The highest BCUT2D eigenvalue weighted by Crippen LogP contribution is 2.30. The number of ether oxygens (including phenoxy) is 2. The molecule has 2 unspecified atom stereocenters. The van der Waals surface area contributed by atoms with E-state index in [9.17, 15) is 4.79 Å². The Hall–Kier alpha value is -1.75. The fraction of sp³-hybridized carbons (Fsp3) is 0.533. The van der Waals surface area contributed by atoms with Gasteiger partial charge in [0.1, 0.15) is 6.61 Å². The van der Waals surface area contributed by atoms with E-state index >= 15 is 0 Å². The van der Waals surface area contributed by atoms with E-state index in [1.807, 2.05) is 18.2 Å². The summed E-state index contributed by atoms with van der Waals surface area (Å²) in [5, 5.41) is 2.82. The molecule has 110 valence electrons. The highest BCUT2D eigenvalue weighted by molar-refractivity contribution is 5.81. The molecule has 1 aromatic rings. The zero-order valence-electron chi connectivity index (χ0n) is 12.0. The average molecular weight is 278 g/mol. The molecule has 0 spiro atoms. The summed E-state index contributed by atoms with van der Waals surface area (Å²) in [4.78, 5) is 12.0. The van der Waals surface area contributed by atoms with Crippen LogP contribution < -0.4 is 20.5 Å². The van der Waals surface area contributed by atoms with Crippen molar-refractivity contribution in [1.29, 1.82) is 0 Å². The third-order valence-corrected chi connectivity index (χ3v) is 3.11. The number of amides is 1. The third kappa shape index (κ3) is 3.87. The Balaban J connectivity index is 1.83. The van der Waals surface area contributed by atoms with Crippen molar-refractivity contribution >= 4 is 5.91 Å². The topological polar surface area (TPSA) is 73.6 Å². The fourth-order valence-electron chi connectivity index (χ4n) is 2.18. The first kappa shape index (κ1) is 14.7. The van der Waals surface area contributed by atoms with Crippen LogP contribution >= 0.6 is 0 Å². The first-order valence-corrected chi connectivity index (χ1v) is 6.98. The minimum absolute atomic E-state index is 0.0317. The predicted octanol–water partition coefficient (Wildman–Crippen LogP) is 1.32. The normalized spacial score (nSPS) is 18.7. The minimum Gasteiger partial charge on any atom is -0.485 e. The molecule has 1 aliphatic rings. The van der Waals surface area contributed by atoms with Gasteiger partial charge in [-0.3, -0.25) is 4.79 Å². The average Bonchev–Trinajstić information content (AvgIpc) is 2.43. The first-order chi connectivity index (χ1) is 9.56. The van der Waals surface area contributed by atoms with Crippen molar-refractivity contribution in [3.63, 3.8) is 0 Å². The second-order valence-electron chi connectivity index (χ2n) is 5.50. The molecule has 5 heteroatoms. The quantitative estimate of drug-likeness (QED) is 0.852. The highest BCUT2D eigenvalue weighted by Gasteiger charge is 2.27. The summed E-state index contributed by atoms with van der Waals surface area (Å²) in [6, 6.07) is 7.30. The largest absolute Gasteiger partial charge is 0.485 e. The molecule has 2 atom stereocenters. The summed E-state index contributed by atoms with van der Waals surface area (Å²) >= 11 is 0. The van der Waals surface area contributed by atoms with Crippen molar-refractivity contribution in [3.8, 4) is 11.5 Å². The molecule has 0 fully saturated rings. The predicted molar refractivity (Wildman–Crippen MR) is 76.8 cm³/mol. The number of hydrogen-bond donors (Lipinski definition) is 2. The lowest BCUT2D eigenvalue weighted by molar-refractivity contribution is -0.130. The first-order valence-electron chi connectivity index (χ1n) is 6.98. The summed E-state index contributed by atoms with van der Waals surface area (Å²) < 4.78 is 11.1. The van der Waals surface area contributed by atoms with Gasteiger partial charge in [-0.2, -0.15) is 0 Å². The zero-order chi connectivity index (χ0) is 14.5. The molecule has 0 aromatic heterocycles. The van der Waals surface area contributed by atoms with Gasteiger partial charge in [-0.05, 0) is 24.5 Å². The van der Waals surface area contributed by atoms with E-state index in [4.69, 9.17) is 15.2 Å². The van der Waals surface area contributed by atoms with Gasteiger partial charge in [0.2, 0.25) is 6.10 Å². The van der Waals surface area contributed by atoms with Crippen LogP contribution in [0.3, 0.4) is 0 Å². The number of fused-ring (bicyclic) bond motifs is 1. The molecule has 1 aliphatic heterocycles. The van der Waals surface area contributed by atoms with Crippen molar-refractivity contribution in [1.82, 2.24) is 5.32 Å². The second-order valence-corrected chi connectivity index (χ2v) is 5.50. The van der Waals surface area contributed by atoms with Crippen molar-refractivity contribution in [3.05, 3.63) is 24.3 Å². The number of nitrogens with one attached hydrogen (secondary N) is 1. The summed E-state index contributed by atoms with van der Waals surface area (Å²) in [6.45, 7) is 4.90. The SMILES string of the molecule is CC(C)CC(N)CNC(=O)C1COc2ccccc2O1. The van der Waals surface area contributed by atoms with E-state index in [0.717, 1.165) is 6.42 Å². The Labute approximate surface area is 119 Å².